The lowest BCUT2D eigenvalue weighted by Gasteiger charge is -2.11. The summed E-state index contributed by atoms with van der Waals surface area (Å²) in [7, 11) is 0. The van der Waals surface area contributed by atoms with Crippen molar-refractivity contribution >= 4 is 28.4 Å². The normalized spacial score (nSPS) is 15.1. The number of nitrogens with two attached hydrogens (primary N) is 1. The van der Waals surface area contributed by atoms with Crippen LogP contribution in [0.25, 0.3) is 10.8 Å². The Labute approximate surface area is 156 Å². The number of carbonyl (C=O) groups excluding carboxylic acids is 1. The number of nitrogens with zero attached hydrogens (tertiary/aromatic N) is 3. The van der Waals surface area contributed by atoms with Crippen LogP contribution < -0.4 is 11.2 Å². The minimum absolute atomic E-state index is 0.0242. The van der Waals surface area contributed by atoms with E-state index < -0.39 is 0 Å². The first-order valence-electron chi connectivity index (χ1n) is 8.75. The summed E-state index contributed by atoms with van der Waals surface area (Å²) in [6.07, 6.45) is 2.74. The number of rotatable bonds is 6. The largest absolute Gasteiger partial charge is 0.352 e. The van der Waals surface area contributed by atoms with Gasteiger partial charge in [0.2, 0.25) is 11.1 Å². The molecule has 0 saturated heterocycles. The number of fused-ring (bicyclic) bond motifs is 1. The van der Waals surface area contributed by atoms with Crippen molar-refractivity contribution in [1.29, 1.82) is 0 Å². The van der Waals surface area contributed by atoms with Gasteiger partial charge < -0.3 is 11.2 Å². The van der Waals surface area contributed by atoms with Crippen molar-refractivity contribution < 1.29 is 4.79 Å². The van der Waals surface area contributed by atoms with Crippen molar-refractivity contribution in [3.05, 3.63) is 53.9 Å². The van der Waals surface area contributed by atoms with E-state index in [0.717, 1.165) is 18.4 Å². The van der Waals surface area contributed by atoms with E-state index >= 15 is 0 Å². The summed E-state index contributed by atoms with van der Waals surface area (Å²) >= 11 is 1.34. The van der Waals surface area contributed by atoms with Gasteiger partial charge in [-0.1, -0.05) is 54.2 Å². The topological polar surface area (TPSA) is 85.8 Å². The molecule has 134 valence electrons. The van der Waals surface area contributed by atoms with Crippen LogP contribution in [-0.2, 0) is 11.2 Å². The number of benzene rings is 2. The minimum atomic E-state index is -0.257. The Balaban J connectivity index is 1.50. The molecule has 0 aliphatic heterocycles. The van der Waals surface area contributed by atoms with E-state index in [1.54, 1.807) is 0 Å². The maximum Gasteiger partial charge on any atom is 0.233 e. The standard InChI is InChI=1S/C19H21N5OS/c1-12(18(25)21-15-9-10-15)26-19-23-22-17(24(19)20)11-14-7-4-6-13-5-2-3-8-16(13)14/h2-8,12,15H,9-11,20H2,1H3,(H,21,25)/t12-/m1/s1. The van der Waals surface area contributed by atoms with Gasteiger partial charge in [-0.05, 0) is 36.1 Å². The predicted octanol–water partition coefficient (Wildman–Crippen LogP) is 2.50. The van der Waals surface area contributed by atoms with Gasteiger partial charge in [0.25, 0.3) is 0 Å². The lowest BCUT2D eigenvalue weighted by atomic mass is 10.0. The van der Waals surface area contributed by atoms with Crippen molar-refractivity contribution in [2.75, 3.05) is 5.84 Å². The summed E-state index contributed by atoms with van der Waals surface area (Å²) in [5, 5.41) is 14.1. The van der Waals surface area contributed by atoms with E-state index in [-0.39, 0.29) is 11.2 Å². The maximum absolute atomic E-state index is 12.1. The van der Waals surface area contributed by atoms with Crippen LogP contribution in [-0.4, -0.2) is 32.1 Å². The summed E-state index contributed by atoms with van der Waals surface area (Å²) in [4.78, 5) is 12.1. The van der Waals surface area contributed by atoms with Crippen molar-refractivity contribution in [3.8, 4) is 0 Å². The second-order valence-corrected chi connectivity index (χ2v) is 7.93. The molecule has 0 bridgehead atoms. The quantitative estimate of drug-likeness (QED) is 0.516. The molecule has 1 aromatic heterocycles. The summed E-state index contributed by atoms with van der Waals surface area (Å²) in [6, 6.07) is 14.8. The molecular formula is C19H21N5OS. The number of hydrogen-bond acceptors (Lipinski definition) is 5. The summed E-state index contributed by atoms with van der Waals surface area (Å²) in [5.41, 5.74) is 1.15. The predicted molar refractivity (Wildman–Crippen MR) is 103 cm³/mol. The molecule has 4 rings (SSSR count). The third kappa shape index (κ3) is 3.53. The second kappa shape index (κ2) is 6.99. The van der Waals surface area contributed by atoms with Crippen LogP contribution in [0.1, 0.15) is 31.2 Å². The molecule has 1 aliphatic rings. The Hall–Kier alpha value is -2.54. The fraction of sp³-hybridized carbons (Fsp3) is 0.316. The Morgan fingerprint density at radius 3 is 2.85 bits per heavy atom. The molecule has 6 nitrogen and oxygen atoms in total. The molecule has 3 aromatic rings. The Kier molecular flexibility index (Phi) is 4.55. The maximum atomic E-state index is 12.1. The zero-order chi connectivity index (χ0) is 18.1. The van der Waals surface area contributed by atoms with E-state index in [0.29, 0.717) is 23.4 Å². The molecule has 1 saturated carbocycles. The van der Waals surface area contributed by atoms with Gasteiger partial charge in [-0.25, -0.2) is 4.68 Å². The number of hydrogen-bond donors (Lipinski definition) is 2. The highest BCUT2D eigenvalue weighted by Crippen LogP contribution is 2.25. The number of carbonyl (C=O) groups is 1. The highest BCUT2D eigenvalue weighted by atomic mass is 32.2. The Morgan fingerprint density at radius 1 is 1.27 bits per heavy atom. The number of aromatic nitrogens is 3. The molecule has 1 heterocycles. The Morgan fingerprint density at radius 2 is 2.04 bits per heavy atom. The van der Waals surface area contributed by atoms with Gasteiger partial charge in [0.05, 0.1) is 5.25 Å². The molecule has 7 heteroatoms. The first kappa shape index (κ1) is 16.9. The SMILES string of the molecule is C[C@@H](Sc1nnc(Cc2cccc3ccccc23)n1N)C(=O)NC1CC1. The lowest BCUT2D eigenvalue weighted by Crippen LogP contribution is -2.32. The smallest absolute Gasteiger partial charge is 0.233 e. The summed E-state index contributed by atoms with van der Waals surface area (Å²) in [5.74, 6) is 6.90. The minimum Gasteiger partial charge on any atom is -0.352 e. The third-order valence-electron chi connectivity index (χ3n) is 4.54. The average Bonchev–Trinajstić information content (AvgIpc) is 3.41. The van der Waals surface area contributed by atoms with Gasteiger partial charge in [0.15, 0.2) is 5.82 Å². The number of thioether (sulfide) groups is 1. The summed E-state index contributed by atoms with van der Waals surface area (Å²) in [6.45, 7) is 1.86. The second-order valence-electron chi connectivity index (χ2n) is 6.63. The van der Waals surface area contributed by atoms with E-state index in [4.69, 9.17) is 5.84 Å². The van der Waals surface area contributed by atoms with Gasteiger partial charge in [-0.3, -0.25) is 4.79 Å². The molecule has 1 fully saturated rings. The Bertz CT molecular complexity index is 945. The zero-order valence-electron chi connectivity index (χ0n) is 14.6. The van der Waals surface area contributed by atoms with E-state index in [1.165, 1.54) is 27.2 Å². The van der Waals surface area contributed by atoms with Crippen LogP contribution >= 0.6 is 11.8 Å². The fourth-order valence-electron chi connectivity index (χ4n) is 2.88. The first-order chi connectivity index (χ1) is 12.6. The number of nitrogens with one attached hydrogen (secondary N) is 1. The fourth-order valence-corrected chi connectivity index (χ4v) is 3.68. The zero-order valence-corrected chi connectivity index (χ0v) is 15.4. The average molecular weight is 367 g/mol. The van der Waals surface area contributed by atoms with Crippen molar-refractivity contribution in [3.63, 3.8) is 0 Å². The molecule has 1 amide bonds. The van der Waals surface area contributed by atoms with E-state index in [9.17, 15) is 4.79 Å². The van der Waals surface area contributed by atoms with Gasteiger partial charge in [0, 0.05) is 12.5 Å². The highest BCUT2D eigenvalue weighted by Gasteiger charge is 2.27. The molecule has 26 heavy (non-hydrogen) atoms. The van der Waals surface area contributed by atoms with Crippen LogP contribution in [0.5, 0.6) is 0 Å². The van der Waals surface area contributed by atoms with Gasteiger partial charge in [-0.2, -0.15) is 0 Å². The van der Waals surface area contributed by atoms with Gasteiger partial charge in [-0.15, -0.1) is 10.2 Å². The number of amides is 1. The third-order valence-corrected chi connectivity index (χ3v) is 5.60. The van der Waals surface area contributed by atoms with Crippen LogP contribution in [0.3, 0.4) is 0 Å². The molecule has 0 spiro atoms. The van der Waals surface area contributed by atoms with Crippen LogP contribution in [0, 0.1) is 0 Å². The van der Waals surface area contributed by atoms with Crippen molar-refractivity contribution in [1.82, 2.24) is 20.2 Å². The summed E-state index contributed by atoms with van der Waals surface area (Å²) < 4.78 is 1.49. The highest BCUT2D eigenvalue weighted by molar-refractivity contribution is 8.00. The van der Waals surface area contributed by atoms with Crippen LogP contribution in [0.15, 0.2) is 47.6 Å². The van der Waals surface area contributed by atoms with Crippen LogP contribution in [0.2, 0.25) is 0 Å². The van der Waals surface area contributed by atoms with E-state index in [2.05, 4.69) is 39.8 Å². The molecule has 2 aromatic carbocycles. The molecular weight excluding hydrogens is 346 g/mol. The first-order valence-corrected chi connectivity index (χ1v) is 9.63. The molecule has 0 radical (unpaired) electrons. The van der Waals surface area contributed by atoms with E-state index in [1.807, 2.05) is 25.1 Å². The monoisotopic (exact) mass is 367 g/mol. The van der Waals surface area contributed by atoms with Crippen molar-refractivity contribution in [2.45, 2.75) is 42.6 Å². The van der Waals surface area contributed by atoms with Crippen LogP contribution in [0.4, 0.5) is 0 Å². The number of nitrogen functional groups attached to an aromatic ring is 1. The molecule has 1 aliphatic carbocycles. The van der Waals surface area contributed by atoms with Gasteiger partial charge >= 0.3 is 0 Å². The van der Waals surface area contributed by atoms with Crippen molar-refractivity contribution in [2.24, 2.45) is 0 Å². The molecule has 1 atom stereocenters. The van der Waals surface area contributed by atoms with Gasteiger partial charge in [0.1, 0.15) is 0 Å². The molecule has 3 N–H and O–H groups in total. The molecule has 0 unspecified atom stereocenters. The lowest BCUT2D eigenvalue weighted by molar-refractivity contribution is -0.120.